The van der Waals surface area contributed by atoms with E-state index in [0.29, 0.717) is 12.8 Å². The molecule has 0 aliphatic heterocycles. The Bertz CT molecular complexity index is 1750. The summed E-state index contributed by atoms with van der Waals surface area (Å²) < 4.78 is 19.0. The van der Waals surface area contributed by atoms with E-state index in [4.69, 9.17) is 14.2 Å². The Morgan fingerprint density at radius 1 is 0.780 bits per heavy atom. The molecule has 0 aromatic heterocycles. The van der Waals surface area contributed by atoms with Crippen LogP contribution in [0, 0.1) is 0 Å². The molecule has 5 nitrogen and oxygen atoms in total. The molecule has 264 valence electrons. The van der Waals surface area contributed by atoms with Crippen molar-refractivity contribution in [2.24, 2.45) is 0 Å². The summed E-state index contributed by atoms with van der Waals surface area (Å²) in [6.45, 7) is 19.1. The molecule has 5 rings (SSSR count). The molecule has 1 aliphatic carbocycles. The summed E-state index contributed by atoms with van der Waals surface area (Å²) in [5.74, 6) is 1.64. The van der Waals surface area contributed by atoms with E-state index in [2.05, 4.69) is 110 Å². The first-order valence-electron chi connectivity index (χ1n) is 17.8. The third-order valence-corrected chi connectivity index (χ3v) is 9.83. The predicted molar refractivity (Wildman–Crippen MR) is 202 cm³/mol. The number of fused-ring (bicyclic) bond motifs is 1. The Morgan fingerprint density at radius 2 is 1.28 bits per heavy atom. The largest absolute Gasteiger partial charge is 0.488 e. The van der Waals surface area contributed by atoms with Crippen molar-refractivity contribution >= 4 is 5.78 Å². The molecule has 4 unspecified atom stereocenters. The molecular weight excluding hydrogens is 620 g/mol. The predicted octanol–water partition coefficient (Wildman–Crippen LogP) is 9.97. The van der Waals surface area contributed by atoms with E-state index in [0.717, 1.165) is 17.9 Å². The van der Waals surface area contributed by atoms with Gasteiger partial charge in [-0.05, 0) is 120 Å². The maximum absolute atomic E-state index is 12.3. The average molecular weight is 675 g/mol. The van der Waals surface area contributed by atoms with Crippen molar-refractivity contribution in [3.8, 4) is 11.5 Å². The number of ketones is 1. The van der Waals surface area contributed by atoms with Crippen molar-refractivity contribution < 1.29 is 24.1 Å². The second-order valence-corrected chi connectivity index (χ2v) is 15.7. The Kier molecular flexibility index (Phi) is 10.8. The van der Waals surface area contributed by atoms with Crippen molar-refractivity contribution in [3.63, 3.8) is 0 Å². The van der Waals surface area contributed by atoms with Crippen LogP contribution in [0.4, 0.5) is 0 Å². The van der Waals surface area contributed by atoms with Gasteiger partial charge < -0.3 is 19.3 Å². The van der Waals surface area contributed by atoms with Gasteiger partial charge in [0.2, 0.25) is 0 Å². The highest BCUT2D eigenvalue weighted by Crippen LogP contribution is 2.56. The van der Waals surface area contributed by atoms with Gasteiger partial charge in [-0.2, -0.15) is 0 Å². The minimum Gasteiger partial charge on any atom is -0.488 e. The summed E-state index contributed by atoms with van der Waals surface area (Å²) in [6.07, 6.45) is 2.67. The summed E-state index contributed by atoms with van der Waals surface area (Å²) in [7, 11) is 0. The highest BCUT2D eigenvalue weighted by molar-refractivity contribution is 5.95. The smallest absolute Gasteiger partial charge is 0.186 e. The fourth-order valence-electron chi connectivity index (χ4n) is 8.00. The summed E-state index contributed by atoms with van der Waals surface area (Å²) in [4.78, 5) is 12.3. The normalized spacial score (nSPS) is 18.9. The number of hydrogen-bond acceptors (Lipinski definition) is 5. The fraction of sp³-hybridized carbons (Fsp3) is 0.400. The van der Waals surface area contributed by atoms with E-state index in [1.807, 2.05) is 34.6 Å². The molecule has 0 saturated carbocycles. The highest BCUT2D eigenvalue weighted by atomic mass is 16.5. The summed E-state index contributed by atoms with van der Waals surface area (Å²) in [6, 6.07) is 36.7. The number of aliphatic hydroxyl groups is 1. The fourth-order valence-corrected chi connectivity index (χ4v) is 8.00. The first-order chi connectivity index (χ1) is 23.5. The third kappa shape index (κ3) is 8.22. The molecule has 50 heavy (non-hydrogen) atoms. The number of rotatable bonds is 15. The van der Waals surface area contributed by atoms with Crippen LogP contribution in [0.25, 0.3) is 0 Å². The molecular formula is C45H54O5. The van der Waals surface area contributed by atoms with Crippen LogP contribution >= 0.6 is 0 Å². The zero-order valence-electron chi connectivity index (χ0n) is 31.0. The number of hydrogen-bond donors (Lipinski definition) is 1. The van der Waals surface area contributed by atoms with Crippen LogP contribution in [0.5, 0.6) is 11.5 Å². The van der Waals surface area contributed by atoms with Gasteiger partial charge in [-0.15, -0.1) is 0 Å². The summed E-state index contributed by atoms with van der Waals surface area (Å²) in [5, 5.41) is 10.0. The Morgan fingerprint density at radius 3 is 1.80 bits per heavy atom. The van der Waals surface area contributed by atoms with Crippen molar-refractivity contribution in [1.29, 1.82) is 0 Å². The molecule has 5 heteroatoms. The topological polar surface area (TPSA) is 65.0 Å². The molecule has 4 atom stereocenters. The van der Waals surface area contributed by atoms with E-state index in [-0.39, 0.29) is 17.8 Å². The van der Waals surface area contributed by atoms with E-state index in [1.54, 1.807) is 20.8 Å². The molecule has 0 heterocycles. The van der Waals surface area contributed by atoms with Gasteiger partial charge >= 0.3 is 0 Å². The molecule has 0 amide bonds. The molecule has 0 spiro atoms. The first-order valence-corrected chi connectivity index (χ1v) is 17.8. The van der Waals surface area contributed by atoms with Gasteiger partial charge in [0.25, 0.3) is 0 Å². The number of carbonyl (C=O) groups is 1. The highest BCUT2D eigenvalue weighted by Gasteiger charge is 2.46. The minimum atomic E-state index is -0.944. The van der Waals surface area contributed by atoms with Gasteiger partial charge in [-0.25, -0.2) is 0 Å². The van der Waals surface area contributed by atoms with Crippen molar-refractivity contribution in [1.82, 2.24) is 0 Å². The lowest BCUT2D eigenvalue weighted by Gasteiger charge is -2.34. The van der Waals surface area contributed by atoms with Crippen LogP contribution in [0.2, 0.25) is 0 Å². The first kappa shape index (κ1) is 37.1. The molecule has 4 aromatic rings. The summed E-state index contributed by atoms with van der Waals surface area (Å²) in [5.41, 5.74) is 3.93. The average Bonchev–Trinajstić information content (AvgIpc) is 3.40. The van der Waals surface area contributed by atoms with Crippen LogP contribution in [-0.2, 0) is 14.9 Å². The van der Waals surface area contributed by atoms with Crippen molar-refractivity contribution in [3.05, 3.63) is 144 Å². The van der Waals surface area contributed by atoms with Gasteiger partial charge in [0.05, 0.1) is 12.2 Å². The molecule has 4 aromatic carbocycles. The third-order valence-electron chi connectivity index (χ3n) is 9.83. The lowest BCUT2D eigenvalue weighted by Crippen LogP contribution is -2.40. The Balaban J connectivity index is 1.49. The van der Waals surface area contributed by atoms with Crippen LogP contribution in [0.1, 0.15) is 108 Å². The lowest BCUT2D eigenvalue weighted by atomic mass is 9.69. The second kappa shape index (κ2) is 14.6. The van der Waals surface area contributed by atoms with Gasteiger partial charge in [0, 0.05) is 24.2 Å². The van der Waals surface area contributed by atoms with Gasteiger partial charge in [-0.3, -0.25) is 4.79 Å². The molecule has 0 saturated heterocycles. The number of benzene rings is 4. The minimum absolute atomic E-state index is 0.141. The zero-order valence-corrected chi connectivity index (χ0v) is 31.0. The van der Waals surface area contributed by atoms with E-state index >= 15 is 0 Å². The SMILES string of the molecule is C=CC(=O)C(C)(C)OC(C)CC(C)(C)Oc1ccc(C2(c3ccc(OC(C)(C)CC(C)O)cc3)CC(c3ccccc3)c3ccccc32)cc1. The molecule has 0 radical (unpaired) electrons. The Labute approximate surface area is 299 Å². The van der Waals surface area contributed by atoms with E-state index < -0.39 is 28.3 Å². The Hall–Kier alpha value is -4.19. The van der Waals surface area contributed by atoms with Crippen LogP contribution in [0.3, 0.4) is 0 Å². The zero-order chi connectivity index (χ0) is 36.3. The maximum Gasteiger partial charge on any atom is 0.186 e. The van der Waals surface area contributed by atoms with Gasteiger partial charge in [0.1, 0.15) is 28.3 Å². The van der Waals surface area contributed by atoms with Crippen LogP contribution < -0.4 is 9.47 Å². The van der Waals surface area contributed by atoms with E-state index in [9.17, 15) is 9.90 Å². The molecule has 1 N–H and O–H groups in total. The second-order valence-electron chi connectivity index (χ2n) is 15.7. The molecule has 0 fully saturated rings. The van der Waals surface area contributed by atoms with Crippen molar-refractivity contribution in [2.45, 2.75) is 115 Å². The number of carbonyl (C=O) groups excluding carboxylic acids is 1. The van der Waals surface area contributed by atoms with Crippen molar-refractivity contribution in [2.75, 3.05) is 0 Å². The number of ether oxygens (including phenoxy) is 3. The van der Waals surface area contributed by atoms with Gasteiger partial charge in [-0.1, -0.05) is 85.4 Å². The molecule has 1 aliphatic rings. The lowest BCUT2D eigenvalue weighted by molar-refractivity contribution is -0.144. The number of aliphatic hydroxyl groups excluding tert-OH is 1. The molecule has 0 bridgehead atoms. The van der Waals surface area contributed by atoms with Gasteiger partial charge in [0.15, 0.2) is 5.78 Å². The van der Waals surface area contributed by atoms with Crippen LogP contribution in [0.15, 0.2) is 116 Å². The monoisotopic (exact) mass is 674 g/mol. The van der Waals surface area contributed by atoms with E-state index in [1.165, 1.54) is 33.9 Å². The summed E-state index contributed by atoms with van der Waals surface area (Å²) >= 11 is 0. The van der Waals surface area contributed by atoms with Crippen LogP contribution in [-0.4, -0.2) is 39.9 Å². The maximum atomic E-state index is 12.3. The quantitative estimate of drug-likeness (QED) is 0.127. The standard InChI is InChI=1S/C45H54O5/c1-10-41(47)44(8,9)48-32(3)29-43(6,7)50-37-26-22-35(23-27-37)45(34-20-24-36(25-21-34)49-42(4,5)28-31(2)46)30-39(33-16-12-11-13-17-33)38-18-14-15-19-40(38)45/h10-27,31-32,39,46H,1,28-30H2,2-9H3.